The van der Waals surface area contributed by atoms with Crippen molar-refractivity contribution in [1.29, 1.82) is 0 Å². The number of rotatable bonds is 5. The van der Waals surface area contributed by atoms with Gasteiger partial charge in [-0.3, -0.25) is 10.1 Å². The van der Waals surface area contributed by atoms with Crippen LogP contribution in [0.2, 0.25) is 0 Å². The summed E-state index contributed by atoms with van der Waals surface area (Å²) in [6.45, 7) is 0. The van der Waals surface area contributed by atoms with E-state index in [0.717, 1.165) is 0 Å². The molecule has 1 atom stereocenters. The maximum absolute atomic E-state index is 11.3. The Kier molecular flexibility index (Phi) is 4.49. The molecule has 0 spiro atoms. The number of nitrogens with one attached hydrogen (secondary N) is 2. The van der Waals surface area contributed by atoms with E-state index in [4.69, 9.17) is 10.2 Å². The van der Waals surface area contributed by atoms with Crippen LogP contribution in [0.4, 0.5) is 10.7 Å². The molecule has 0 aliphatic carbocycles. The number of aliphatic carboxylic acids is 2. The molecule has 96 valence electrons. The van der Waals surface area contributed by atoms with Crippen LogP contribution < -0.4 is 10.6 Å². The third-order valence-electron chi connectivity index (χ3n) is 1.69. The van der Waals surface area contributed by atoms with E-state index in [2.05, 4.69) is 20.5 Å². The predicted molar refractivity (Wildman–Crippen MR) is 55.7 cm³/mol. The number of hydrogen-bond acceptors (Lipinski definition) is 6. The third-order valence-corrected chi connectivity index (χ3v) is 1.69. The Balaban J connectivity index is 2.56. The van der Waals surface area contributed by atoms with Crippen molar-refractivity contribution in [3.8, 4) is 0 Å². The largest absolute Gasteiger partial charge is 0.481 e. The molecule has 1 rings (SSSR count). The number of carbonyl (C=O) groups excluding carboxylic acids is 1. The molecule has 2 amide bonds. The smallest absolute Gasteiger partial charge is 0.326 e. The summed E-state index contributed by atoms with van der Waals surface area (Å²) in [6, 6.07) is -2.48. The predicted octanol–water partition coefficient (Wildman–Crippen LogP) is -1.08. The summed E-state index contributed by atoms with van der Waals surface area (Å²) in [5.41, 5.74) is 0. The summed E-state index contributed by atoms with van der Waals surface area (Å²) < 4.78 is 0. The lowest BCUT2D eigenvalue weighted by atomic mass is 10.2. The van der Waals surface area contributed by atoms with Gasteiger partial charge in [0.25, 0.3) is 5.95 Å². The number of anilines is 1. The second-order valence-electron chi connectivity index (χ2n) is 3.05. The molecule has 0 radical (unpaired) electrons. The molecule has 0 fully saturated rings. The average Bonchev–Trinajstić information content (AvgIpc) is 2.28. The lowest BCUT2D eigenvalue weighted by Gasteiger charge is -2.12. The monoisotopic (exact) mass is 255 g/mol. The minimum absolute atomic E-state index is 0.130. The van der Waals surface area contributed by atoms with Crippen LogP contribution in [0.1, 0.15) is 6.42 Å². The first kappa shape index (κ1) is 13.3. The van der Waals surface area contributed by atoms with Gasteiger partial charge in [-0.2, -0.15) is 5.10 Å². The minimum Gasteiger partial charge on any atom is -0.481 e. The molecule has 18 heavy (non-hydrogen) atoms. The maximum Gasteiger partial charge on any atom is 0.326 e. The van der Waals surface area contributed by atoms with E-state index in [1.54, 1.807) is 0 Å². The van der Waals surface area contributed by atoms with Gasteiger partial charge < -0.3 is 15.5 Å². The number of urea groups is 1. The van der Waals surface area contributed by atoms with Crippen molar-refractivity contribution < 1.29 is 24.6 Å². The van der Waals surface area contributed by atoms with Gasteiger partial charge in [-0.25, -0.2) is 14.6 Å². The van der Waals surface area contributed by atoms with Gasteiger partial charge in [0.1, 0.15) is 6.04 Å². The summed E-state index contributed by atoms with van der Waals surface area (Å²) in [4.78, 5) is 36.0. The number of hydrogen-bond donors (Lipinski definition) is 4. The van der Waals surface area contributed by atoms with Crippen molar-refractivity contribution in [3.05, 3.63) is 12.4 Å². The Hall–Kier alpha value is -2.78. The zero-order valence-corrected chi connectivity index (χ0v) is 8.90. The molecule has 1 aromatic heterocycles. The number of nitrogens with zero attached hydrogens (tertiary/aromatic N) is 3. The van der Waals surface area contributed by atoms with E-state index in [1.165, 1.54) is 12.4 Å². The molecule has 4 N–H and O–H groups in total. The van der Waals surface area contributed by atoms with E-state index in [-0.39, 0.29) is 5.95 Å². The number of carbonyl (C=O) groups is 3. The standard InChI is InChI=1S/C8H9N5O5/c14-5(15)3-4(6(16)17)11-8(18)12-7-9-1-2-10-13-7/h1-2,4H,3H2,(H,14,15)(H,16,17)(H2,9,11,12,13,18)/t4-/m0/s1. The molecule has 10 heteroatoms. The Morgan fingerprint density at radius 1 is 1.28 bits per heavy atom. The third kappa shape index (κ3) is 4.38. The summed E-state index contributed by atoms with van der Waals surface area (Å²) in [7, 11) is 0. The van der Waals surface area contributed by atoms with Crippen LogP contribution in [0.15, 0.2) is 12.4 Å². The number of amides is 2. The summed E-state index contributed by atoms with van der Waals surface area (Å²) in [6.07, 6.45) is 1.82. The van der Waals surface area contributed by atoms with Crippen molar-refractivity contribution in [2.24, 2.45) is 0 Å². The van der Waals surface area contributed by atoms with Gasteiger partial charge >= 0.3 is 18.0 Å². The topological polar surface area (TPSA) is 154 Å². The van der Waals surface area contributed by atoms with Gasteiger partial charge in [0.15, 0.2) is 0 Å². The lowest BCUT2D eigenvalue weighted by Crippen LogP contribution is -2.44. The van der Waals surface area contributed by atoms with Crippen LogP contribution in [-0.2, 0) is 9.59 Å². The molecular weight excluding hydrogens is 246 g/mol. The molecule has 0 bridgehead atoms. The summed E-state index contributed by atoms with van der Waals surface area (Å²) >= 11 is 0. The average molecular weight is 255 g/mol. The highest BCUT2D eigenvalue weighted by Gasteiger charge is 2.23. The first-order valence-electron chi connectivity index (χ1n) is 4.65. The van der Waals surface area contributed by atoms with Crippen LogP contribution in [0.5, 0.6) is 0 Å². The number of aromatic nitrogens is 3. The molecule has 0 aliphatic heterocycles. The fraction of sp³-hybridized carbons (Fsp3) is 0.250. The van der Waals surface area contributed by atoms with E-state index >= 15 is 0 Å². The molecule has 1 heterocycles. The van der Waals surface area contributed by atoms with Crippen LogP contribution in [-0.4, -0.2) is 49.4 Å². The SMILES string of the molecule is O=C(O)C[C@H](NC(=O)Nc1nccnn1)C(=O)O. The number of carboxylic acids is 2. The van der Waals surface area contributed by atoms with Crippen molar-refractivity contribution in [2.75, 3.05) is 5.32 Å². The Morgan fingerprint density at radius 3 is 2.50 bits per heavy atom. The second-order valence-corrected chi connectivity index (χ2v) is 3.05. The Bertz CT molecular complexity index is 450. The van der Waals surface area contributed by atoms with Crippen molar-refractivity contribution in [3.63, 3.8) is 0 Å². The molecule has 0 unspecified atom stereocenters. The van der Waals surface area contributed by atoms with Crippen molar-refractivity contribution >= 4 is 23.9 Å². The molecule has 0 saturated heterocycles. The van der Waals surface area contributed by atoms with Gasteiger partial charge in [0.05, 0.1) is 18.8 Å². The molecule has 0 aliphatic rings. The zero-order valence-electron chi connectivity index (χ0n) is 8.90. The second kappa shape index (κ2) is 6.08. The molecule has 0 aromatic carbocycles. The first-order valence-corrected chi connectivity index (χ1v) is 4.65. The quantitative estimate of drug-likeness (QED) is 0.517. The van der Waals surface area contributed by atoms with E-state index < -0.39 is 30.4 Å². The van der Waals surface area contributed by atoms with E-state index in [1.807, 2.05) is 5.32 Å². The summed E-state index contributed by atoms with van der Waals surface area (Å²) in [5.74, 6) is -2.94. The highest BCUT2D eigenvalue weighted by Crippen LogP contribution is 1.96. The fourth-order valence-electron chi connectivity index (χ4n) is 0.975. The first-order chi connectivity index (χ1) is 8.49. The van der Waals surface area contributed by atoms with Crippen molar-refractivity contribution in [2.45, 2.75) is 12.5 Å². The Labute approximate surface area is 100 Å². The van der Waals surface area contributed by atoms with Crippen molar-refractivity contribution in [1.82, 2.24) is 20.5 Å². The highest BCUT2D eigenvalue weighted by atomic mass is 16.4. The molecule has 0 saturated carbocycles. The van der Waals surface area contributed by atoms with Gasteiger partial charge in [-0.15, -0.1) is 5.10 Å². The normalized spacial score (nSPS) is 11.3. The zero-order chi connectivity index (χ0) is 13.5. The lowest BCUT2D eigenvalue weighted by molar-refractivity contribution is -0.145. The molecule has 10 nitrogen and oxygen atoms in total. The van der Waals surface area contributed by atoms with Crippen LogP contribution in [0.25, 0.3) is 0 Å². The minimum atomic E-state index is -1.54. The highest BCUT2D eigenvalue weighted by molar-refractivity contribution is 5.92. The van der Waals surface area contributed by atoms with Gasteiger partial charge in [0, 0.05) is 0 Å². The van der Waals surface area contributed by atoms with Gasteiger partial charge in [0.2, 0.25) is 0 Å². The van der Waals surface area contributed by atoms with E-state index in [0.29, 0.717) is 0 Å². The Morgan fingerprint density at radius 2 is 2.00 bits per heavy atom. The van der Waals surface area contributed by atoms with Crippen LogP contribution in [0, 0.1) is 0 Å². The number of carboxylic acid groups (broad SMARTS) is 2. The fourth-order valence-corrected chi connectivity index (χ4v) is 0.975. The molecule has 1 aromatic rings. The summed E-state index contributed by atoms with van der Waals surface area (Å²) in [5, 5.41) is 28.1. The van der Waals surface area contributed by atoms with Gasteiger partial charge in [-0.1, -0.05) is 0 Å². The van der Waals surface area contributed by atoms with Gasteiger partial charge in [-0.05, 0) is 0 Å². The molecular formula is C8H9N5O5. The van der Waals surface area contributed by atoms with E-state index in [9.17, 15) is 14.4 Å². The maximum atomic E-state index is 11.3. The van der Waals surface area contributed by atoms with Crippen LogP contribution in [0.3, 0.4) is 0 Å². The van der Waals surface area contributed by atoms with Crippen LogP contribution >= 0.6 is 0 Å².